The second-order valence-electron chi connectivity index (χ2n) is 8.41. The number of carboxylic acids is 1. The van der Waals surface area contributed by atoms with Crippen molar-refractivity contribution in [1.29, 1.82) is 0 Å². The molecule has 0 aromatic carbocycles. The number of rotatable bonds is 10. The Kier molecular flexibility index (Phi) is 8.12. The molecule has 36 heavy (non-hydrogen) atoms. The van der Waals surface area contributed by atoms with Crippen molar-refractivity contribution in [2.45, 2.75) is 50.4 Å². The van der Waals surface area contributed by atoms with E-state index in [1.165, 1.54) is 11.1 Å². The lowest BCUT2D eigenvalue weighted by molar-refractivity contribution is -0.138. The number of H-pyrrole nitrogens is 1. The molecule has 1 saturated heterocycles. The highest BCUT2D eigenvalue weighted by Gasteiger charge is 2.42. The molecule has 0 radical (unpaired) electrons. The molecule has 1 unspecified atom stereocenters. The molecular formula is C21H27N9O6. The number of nitrogens with zero attached hydrogens (tertiary/aromatic N) is 5. The van der Waals surface area contributed by atoms with Gasteiger partial charge in [-0.25, -0.2) is 4.98 Å². The molecule has 0 spiro atoms. The zero-order valence-electron chi connectivity index (χ0n) is 19.3. The fourth-order valence-electron chi connectivity index (χ4n) is 4.17. The van der Waals surface area contributed by atoms with Gasteiger partial charge in [0.05, 0.1) is 25.7 Å². The number of carbonyl (C=O) groups is 4. The van der Waals surface area contributed by atoms with Crippen molar-refractivity contribution in [3.05, 3.63) is 29.7 Å². The molecule has 2 aliphatic rings. The minimum Gasteiger partial charge on any atom is -0.481 e. The van der Waals surface area contributed by atoms with E-state index < -0.39 is 35.8 Å². The summed E-state index contributed by atoms with van der Waals surface area (Å²) < 4.78 is 5.55. The van der Waals surface area contributed by atoms with Crippen LogP contribution >= 0.6 is 0 Å². The van der Waals surface area contributed by atoms with Gasteiger partial charge in [-0.3, -0.25) is 24.1 Å². The van der Waals surface area contributed by atoms with Gasteiger partial charge in [0.15, 0.2) is 5.82 Å². The summed E-state index contributed by atoms with van der Waals surface area (Å²) in [7, 11) is 0. The van der Waals surface area contributed by atoms with Crippen LogP contribution in [0.15, 0.2) is 18.3 Å². The number of hydrogen-bond acceptors (Lipinski definition) is 10. The third kappa shape index (κ3) is 6.17. The number of aliphatic carboxylic acids is 1. The summed E-state index contributed by atoms with van der Waals surface area (Å²) in [5.41, 5.74) is 0.676. The van der Waals surface area contributed by atoms with Gasteiger partial charge in [-0.05, 0) is 18.1 Å². The van der Waals surface area contributed by atoms with Crippen LogP contribution in [-0.4, -0.2) is 92.3 Å². The molecule has 4 heterocycles. The second-order valence-corrected chi connectivity index (χ2v) is 8.41. The topological polar surface area (TPSA) is 204 Å². The van der Waals surface area contributed by atoms with Crippen LogP contribution in [0.25, 0.3) is 0 Å². The molecule has 2 aromatic rings. The van der Waals surface area contributed by atoms with Crippen molar-refractivity contribution in [3.8, 4) is 0 Å². The number of pyridine rings is 1. The van der Waals surface area contributed by atoms with E-state index in [-0.39, 0.29) is 50.0 Å². The summed E-state index contributed by atoms with van der Waals surface area (Å²) in [5, 5.41) is 31.0. The maximum absolute atomic E-state index is 13.7. The van der Waals surface area contributed by atoms with E-state index in [0.717, 1.165) is 0 Å². The molecule has 3 atom stereocenters. The summed E-state index contributed by atoms with van der Waals surface area (Å²) in [6, 6.07) is 1.33. The number of amides is 3. The molecule has 1 fully saturated rings. The summed E-state index contributed by atoms with van der Waals surface area (Å²) in [4.78, 5) is 56.3. The molecule has 4 rings (SSSR count). The number of carboxylic acid groups (broad SMARTS) is 1. The molecule has 3 amide bonds. The van der Waals surface area contributed by atoms with Crippen LogP contribution in [0.4, 0.5) is 5.82 Å². The molecular weight excluding hydrogens is 474 g/mol. The van der Waals surface area contributed by atoms with Crippen molar-refractivity contribution in [2.24, 2.45) is 0 Å². The molecule has 0 bridgehead atoms. The van der Waals surface area contributed by atoms with Crippen molar-refractivity contribution in [1.82, 2.24) is 41.6 Å². The number of hydrogen-bond donors (Lipinski definition) is 5. The summed E-state index contributed by atoms with van der Waals surface area (Å²) in [5.74, 6) is -2.11. The fraction of sp³-hybridized carbons (Fsp3) is 0.524. The first-order valence-electron chi connectivity index (χ1n) is 11.5. The van der Waals surface area contributed by atoms with Crippen molar-refractivity contribution in [3.63, 3.8) is 0 Å². The van der Waals surface area contributed by atoms with Crippen LogP contribution < -0.4 is 20.9 Å². The molecule has 0 aliphatic carbocycles. The van der Waals surface area contributed by atoms with Gasteiger partial charge < -0.3 is 25.8 Å². The number of aromatic amines is 1. The number of carbonyl (C=O) groups excluding carboxylic acids is 3. The van der Waals surface area contributed by atoms with Gasteiger partial charge in [0.1, 0.15) is 17.9 Å². The van der Waals surface area contributed by atoms with Crippen LogP contribution in [0.3, 0.4) is 0 Å². The van der Waals surface area contributed by atoms with Gasteiger partial charge in [0, 0.05) is 32.1 Å². The highest BCUT2D eigenvalue weighted by molar-refractivity contribution is 6.06. The molecule has 2 aliphatic heterocycles. The average molecular weight is 502 g/mol. The van der Waals surface area contributed by atoms with E-state index in [9.17, 15) is 24.3 Å². The Morgan fingerprint density at radius 3 is 2.89 bits per heavy atom. The number of anilines is 1. The normalized spacial score (nSPS) is 19.8. The Balaban J connectivity index is 1.51. The predicted molar refractivity (Wildman–Crippen MR) is 121 cm³/mol. The highest BCUT2D eigenvalue weighted by atomic mass is 16.5. The second kappa shape index (κ2) is 11.6. The average Bonchev–Trinajstić information content (AvgIpc) is 3.53. The van der Waals surface area contributed by atoms with Gasteiger partial charge in [0.25, 0.3) is 5.91 Å². The third-order valence-electron chi connectivity index (χ3n) is 5.87. The first-order chi connectivity index (χ1) is 17.4. The molecule has 192 valence electrons. The van der Waals surface area contributed by atoms with Gasteiger partial charge in [-0.2, -0.15) is 5.21 Å². The van der Waals surface area contributed by atoms with Crippen molar-refractivity contribution >= 4 is 29.5 Å². The number of fused-ring (bicyclic) bond motifs is 1. The largest absolute Gasteiger partial charge is 0.481 e. The van der Waals surface area contributed by atoms with Gasteiger partial charge in [0.2, 0.25) is 11.8 Å². The lowest BCUT2D eigenvalue weighted by Gasteiger charge is -2.29. The van der Waals surface area contributed by atoms with Crippen molar-refractivity contribution in [2.75, 3.05) is 24.6 Å². The SMILES string of the molecule is O=C(O)CC[C@H](NC(=O)CC1CNCCO1)C(=O)N1c2ncccc2C[C@H]1C(=O)NCc1nn[nH]n1. The number of tetrazole rings is 1. The summed E-state index contributed by atoms with van der Waals surface area (Å²) in [6.45, 7) is 1.64. The lowest BCUT2D eigenvalue weighted by atomic mass is 10.1. The molecule has 15 heteroatoms. The number of aromatic nitrogens is 5. The Labute approximate surface area is 205 Å². The molecule has 2 aromatic heterocycles. The van der Waals surface area contributed by atoms with Gasteiger partial charge in [-0.15, -0.1) is 10.2 Å². The van der Waals surface area contributed by atoms with Gasteiger partial charge in [-0.1, -0.05) is 11.3 Å². The monoisotopic (exact) mass is 501 g/mol. The van der Waals surface area contributed by atoms with E-state index in [2.05, 4.69) is 41.6 Å². The number of nitrogens with one attached hydrogen (secondary N) is 4. The first-order valence-corrected chi connectivity index (χ1v) is 11.5. The van der Waals surface area contributed by atoms with E-state index in [0.29, 0.717) is 25.3 Å². The van der Waals surface area contributed by atoms with Crippen LogP contribution in [0, 0.1) is 0 Å². The van der Waals surface area contributed by atoms with E-state index in [1.54, 1.807) is 12.1 Å². The predicted octanol–water partition coefficient (Wildman–Crippen LogP) is -2.10. The van der Waals surface area contributed by atoms with Crippen LogP contribution in [0.5, 0.6) is 0 Å². The fourth-order valence-corrected chi connectivity index (χ4v) is 4.17. The summed E-state index contributed by atoms with van der Waals surface area (Å²) >= 11 is 0. The quantitative estimate of drug-likeness (QED) is 0.238. The lowest BCUT2D eigenvalue weighted by Crippen LogP contribution is -2.55. The standard InChI is InChI=1S/C21H27N9O6/c31-17(9-13-10-22-6-7-36-13)25-14(3-4-18(32)33)21(35)30-15(8-12-2-1-5-23-19(12)30)20(34)24-11-16-26-28-29-27-16/h1-2,5,13-15,22H,3-4,6-11H2,(H,24,34)(H,25,31)(H,32,33)(H,26,27,28,29)/t13?,14-,15-/m0/s1. The smallest absolute Gasteiger partial charge is 0.303 e. The van der Waals surface area contributed by atoms with Crippen LogP contribution in [0.1, 0.15) is 30.7 Å². The maximum atomic E-state index is 13.7. The Morgan fingerprint density at radius 2 is 2.17 bits per heavy atom. The zero-order valence-corrected chi connectivity index (χ0v) is 19.3. The highest BCUT2D eigenvalue weighted by Crippen LogP contribution is 2.31. The van der Waals surface area contributed by atoms with Gasteiger partial charge >= 0.3 is 5.97 Å². The number of morpholine rings is 1. The molecule has 0 saturated carbocycles. The maximum Gasteiger partial charge on any atom is 0.303 e. The Bertz CT molecular complexity index is 1090. The Morgan fingerprint density at radius 1 is 1.31 bits per heavy atom. The zero-order chi connectivity index (χ0) is 25.5. The minimum absolute atomic E-state index is 0.00725. The van der Waals surface area contributed by atoms with Crippen molar-refractivity contribution < 1.29 is 29.0 Å². The molecule has 15 nitrogen and oxygen atoms in total. The first kappa shape index (κ1) is 25.1. The van der Waals surface area contributed by atoms with E-state index >= 15 is 0 Å². The minimum atomic E-state index is -1.18. The summed E-state index contributed by atoms with van der Waals surface area (Å²) in [6.07, 6.45) is 0.847. The molecule has 5 N–H and O–H groups in total. The van der Waals surface area contributed by atoms with E-state index in [4.69, 9.17) is 4.74 Å². The van der Waals surface area contributed by atoms with Crippen LogP contribution in [-0.2, 0) is 36.9 Å². The third-order valence-corrected chi connectivity index (χ3v) is 5.87. The van der Waals surface area contributed by atoms with E-state index in [1.807, 2.05) is 0 Å². The number of ether oxygens (including phenoxy) is 1. The Hall–Kier alpha value is -3.98. The van der Waals surface area contributed by atoms with Crippen LogP contribution in [0.2, 0.25) is 0 Å².